The van der Waals surface area contributed by atoms with Gasteiger partial charge in [-0.05, 0) is 61.7 Å². The Kier molecular flexibility index (Phi) is 6.25. The second kappa shape index (κ2) is 8.65. The van der Waals surface area contributed by atoms with Gasteiger partial charge in [-0.15, -0.1) is 0 Å². The molecule has 0 spiro atoms. The Morgan fingerprint density at radius 2 is 1.57 bits per heavy atom. The first-order valence-electron chi connectivity index (χ1n) is 9.40. The lowest BCUT2D eigenvalue weighted by Crippen LogP contribution is -2.37. The van der Waals surface area contributed by atoms with Crippen molar-refractivity contribution in [1.82, 2.24) is 9.80 Å². The highest BCUT2D eigenvalue weighted by molar-refractivity contribution is 6.31. The maximum Gasteiger partial charge on any atom is 0.257 e. The van der Waals surface area contributed by atoms with Crippen molar-refractivity contribution in [3.05, 3.63) is 63.7 Å². The summed E-state index contributed by atoms with van der Waals surface area (Å²) in [4.78, 5) is 29.5. The van der Waals surface area contributed by atoms with E-state index >= 15 is 0 Å². The number of carbonyl (C=O) groups excluding carboxylic acids is 2. The fourth-order valence-corrected chi connectivity index (χ4v) is 3.57. The molecular formula is C22H25ClN2O3. The molecule has 0 N–H and O–H groups in total. The molecule has 1 fully saturated rings. The van der Waals surface area contributed by atoms with Crippen LogP contribution in [-0.4, -0.2) is 54.9 Å². The van der Waals surface area contributed by atoms with E-state index in [2.05, 4.69) is 0 Å². The van der Waals surface area contributed by atoms with E-state index in [1.165, 1.54) is 12.7 Å². The van der Waals surface area contributed by atoms with E-state index in [-0.39, 0.29) is 11.8 Å². The summed E-state index contributed by atoms with van der Waals surface area (Å²) >= 11 is 6.07. The predicted octanol–water partition coefficient (Wildman–Crippen LogP) is 3.95. The minimum atomic E-state index is -0.125. The highest BCUT2D eigenvalue weighted by Gasteiger charge is 2.25. The number of amides is 2. The molecule has 2 amide bonds. The minimum absolute atomic E-state index is 0.0118. The second-order valence-corrected chi connectivity index (χ2v) is 7.52. The Morgan fingerprint density at radius 1 is 0.893 bits per heavy atom. The standard InChI is InChI=1S/C22H25ClN2O3/c1-15-5-6-17(13-16(15)2)21(26)24-9-4-10-25(12-11-24)22(27)19-14-18(23)7-8-20(19)28-3/h5-8,13-14H,4,9-12H2,1-3H3. The van der Waals surface area contributed by atoms with Gasteiger partial charge in [-0.3, -0.25) is 9.59 Å². The van der Waals surface area contributed by atoms with Gasteiger partial charge < -0.3 is 14.5 Å². The third-order valence-electron chi connectivity index (χ3n) is 5.22. The van der Waals surface area contributed by atoms with Crippen molar-refractivity contribution in [3.8, 4) is 5.75 Å². The van der Waals surface area contributed by atoms with Crippen molar-refractivity contribution in [2.24, 2.45) is 0 Å². The summed E-state index contributed by atoms with van der Waals surface area (Å²) in [7, 11) is 1.53. The molecule has 0 radical (unpaired) electrons. The third kappa shape index (κ3) is 4.30. The van der Waals surface area contributed by atoms with Gasteiger partial charge in [-0.1, -0.05) is 17.7 Å². The summed E-state index contributed by atoms with van der Waals surface area (Å²) in [5, 5.41) is 0.491. The highest BCUT2D eigenvalue weighted by Crippen LogP contribution is 2.25. The molecule has 0 aliphatic carbocycles. The van der Waals surface area contributed by atoms with Crippen LogP contribution in [0, 0.1) is 13.8 Å². The normalized spacial score (nSPS) is 14.6. The Balaban J connectivity index is 1.72. The van der Waals surface area contributed by atoms with E-state index in [4.69, 9.17) is 16.3 Å². The summed E-state index contributed by atoms with van der Waals surface area (Å²) < 4.78 is 5.31. The number of ether oxygens (including phenoxy) is 1. The van der Waals surface area contributed by atoms with E-state index in [1.807, 2.05) is 36.9 Å². The molecule has 1 aliphatic rings. The molecule has 2 aromatic carbocycles. The van der Waals surface area contributed by atoms with Gasteiger partial charge in [0.25, 0.3) is 11.8 Å². The number of nitrogens with zero attached hydrogens (tertiary/aromatic N) is 2. The SMILES string of the molecule is COc1ccc(Cl)cc1C(=O)N1CCCN(C(=O)c2ccc(C)c(C)c2)CC1. The Bertz CT molecular complexity index is 897. The molecule has 148 valence electrons. The zero-order chi connectivity index (χ0) is 20.3. The molecule has 0 unspecified atom stereocenters. The van der Waals surface area contributed by atoms with E-state index in [9.17, 15) is 9.59 Å². The Hall–Kier alpha value is -2.53. The average Bonchev–Trinajstić information content (AvgIpc) is 2.95. The predicted molar refractivity (Wildman–Crippen MR) is 110 cm³/mol. The summed E-state index contributed by atoms with van der Waals surface area (Å²) in [6.07, 6.45) is 0.727. The minimum Gasteiger partial charge on any atom is -0.496 e. The van der Waals surface area contributed by atoms with Crippen LogP contribution in [0.3, 0.4) is 0 Å². The number of carbonyl (C=O) groups is 2. The number of hydrogen-bond donors (Lipinski definition) is 0. The Morgan fingerprint density at radius 3 is 2.21 bits per heavy atom. The van der Waals surface area contributed by atoms with Crippen LogP contribution in [0.5, 0.6) is 5.75 Å². The molecule has 1 saturated heterocycles. The first kappa shape index (κ1) is 20.2. The van der Waals surface area contributed by atoms with Crippen LogP contribution in [0.25, 0.3) is 0 Å². The zero-order valence-electron chi connectivity index (χ0n) is 16.5. The van der Waals surface area contributed by atoms with Crippen LogP contribution < -0.4 is 4.74 Å². The average molecular weight is 401 g/mol. The first-order valence-corrected chi connectivity index (χ1v) is 9.78. The van der Waals surface area contributed by atoms with Crippen molar-refractivity contribution in [1.29, 1.82) is 0 Å². The van der Waals surface area contributed by atoms with Crippen LogP contribution in [0.2, 0.25) is 5.02 Å². The van der Waals surface area contributed by atoms with Gasteiger partial charge in [0, 0.05) is 36.8 Å². The van der Waals surface area contributed by atoms with Crippen LogP contribution in [-0.2, 0) is 0 Å². The van der Waals surface area contributed by atoms with Gasteiger partial charge >= 0.3 is 0 Å². The fraction of sp³-hybridized carbons (Fsp3) is 0.364. The summed E-state index contributed by atoms with van der Waals surface area (Å²) in [5.41, 5.74) is 3.41. The number of rotatable bonds is 3. The van der Waals surface area contributed by atoms with Gasteiger partial charge in [-0.2, -0.15) is 0 Å². The topological polar surface area (TPSA) is 49.9 Å². The number of aryl methyl sites for hydroxylation is 2. The van der Waals surface area contributed by atoms with Crippen molar-refractivity contribution in [3.63, 3.8) is 0 Å². The van der Waals surface area contributed by atoms with Gasteiger partial charge in [-0.25, -0.2) is 0 Å². The lowest BCUT2D eigenvalue weighted by molar-refractivity contribution is 0.0717. The molecule has 6 heteroatoms. The molecule has 1 aliphatic heterocycles. The van der Waals surface area contributed by atoms with Crippen LogP contribution in [0.1, 0.15) is 38.3 Å². The van der Waals surface area contributed by atoms with Crippen molar-refractivity contribution in [2.45, 2.75) is 20.3 Å². The maximum atomic E-state index is 13.0. The molecule has 1 heterocycles. The monoisotopic (exact) mass is 400 g/mol. The van der Waals surface area contributed by atoms with Gasteiger partial charge in [0.1, 0.15) is 5.75 Å². The molecule has 0 bridgehead atoms. The summed E-state index contributed by atoms with van der Waals surface area (Å²) in [6.45, 7) is 6.23. The summed E-state index contributed by atoms with van der Waals surface area (Å²) in [5.74, 6) is 0.388. The maximum absolute atomic E-state index is 13.0. The highest BCUT2D eigenvalue weighted by atomic mass is 35.5. The van der Waals surface area contributed by atoms with Crippen molar-refractivity contribution >= 4 is 23.4 Å². The molecule has 2 aromatic rings. The third-order valence-corrected chi connectivity index (χ3v) is 5.45. The summed E-state index contributed by atoms with van der Waals surface area (Å²) in [6, 6.07) is 10.8. The van der Waals surface area contributed by atoms with Crippen molar-refractivity contribution in [2.75, 3.05) is 33.3 Å². The first-order chi connectivity index (χ1) is 13.4. The molecule has 0 saturated carbocycles. The van der Waals surface area contributed by atoms with Gasteiger partial charge in [0.15, 0.2) is 0 Å². The smallest absolute Gasteiger partial charge is 0.257 e. The molecule has 28 heavy (non-hydrogen) atoms. The molecule has 3 rings (SSSR count). The van der Waals surface area contributed by atoms with Crippen molar-refractivity contribution < 1.29 is 14.3 Å². The lowest BCUT2D eigenvalue weighted by atomic mass is 10.1. The largest absolute Gasteiger partial charge is 0.496 e. The zero-order valence-corrected chi connectivity index (χ0v) is 17.3. The second-order valence-electron chi connectivity index (χ2n) is 7.08. The number of halogens is 1. The van der Waals surface area contributed by atoms with Crippen LogP contribution in [0.15, 0.2) is 36.4 Å². The fourth-order valence-electron chi connectivity index (χ4n) is 3.40. The number of hydrogen-bond acceptors (Lipinski definition) is 3. The van der Waals surface area contributed by atoms with E-state index in [0.717, 1.165) is 12.0 Å². The van der Waals surface area contributed by atoms with Crippen LogP contribution >= 0.6 is 11.6 Å². The number of benzene rings is 2. The molecule has 0 atom stereocenters. The van der Waals surface area contributed by atoms with Gasteiger partial charge in [0.2, 0.25) is 0 Å². The number of methoxy groups -OCH3 is 1. The molecule has 0 aromatic heterocycles. The van der Waals surface area contributed by atoms with E-state index in [1.54, 1.807) is 23.1 Å². The quantitative estimate of drug-likeness (QED) is 0.783. The van der Waals surface area contributed by atoms with Gasteiger partial charge in [0.05, 0.1) is 12.7 Å². The van der Waals surface area contributed by atoms with E-state index < -0.39 is 0 Å². The lowest BCUT2D eigenvalue weighted by Gasteiger charge is -2.23. The molecule has 5 nitrogen and oxygen atoms in total. The van der Waals surface area contributed by atoms with Crippen LogP contribution in [0.4, 0.5) is 0 Å². The van der Waals surface area contributed by atoms with E-state index in [0.29, 0.717) is 48.1 Å². The Labute approximate surface area is 170 Å². The molecular weight excluding hydrogens is 376 g/mol.